The highest BCUT2D eigenvalue weighted by atomic mass is 16.5. The van der Waals surface area contributed by atoms with Crippen LogP contribution < -0.4 is 5.32 Å². The zero-order chi connectivity index (χ0) is 29.4. The minimum absolute atomic E-state index is 0.249. The predicted octanol–water partition coefficient (Wildman–Crippen LogP) is 4.98. The molecule has 4 heterocycles. The molecule has 0 aliphatic carbocycles. The van der Waals surface area contributed by atoms with Crippen molar-refractivity contribution < 1.29 is 23.6 Å². The molecule has 7 rings (SSSR count). The zero-order valence-electron chi connectivity index (χ0n) is 24.2. The first-order valence-corrected chi connectivity index (χ1v) is 14.8. The number of amides is 1. The number of carbonyl (C=O) groups is 1. The third kappa shape index (κ3) is 4.68. The van der Waals surface area contributed by atoms with Gasteiger partial charge in [0.15, 0.2) is 5.60 Å². The monoisotopic (exact) mass is 572 g/mol. The molecule has 3 atom stereocenters. The number of hydrogen-bond donors (Lipinski definition) is 1. The molecule has 43 heavy (non-hydrogen) atoms. The van der Waals surface area contributed by atoms with Crippen molar-refractivity contribution in [2.24, 2.45) is 0 Å². The molecule has 4 aliphatic heterocycles. The number of terminal acetylenes is 1. The van der Waals surface area contributed by atoms with Crippen LogP contribution >= 0.6 is 0 Å². The maximum Gasteiger partial charge on any atom is 0.376 e. The minimum Gasteiger partial charge on any atom is -0.444 e. The summed E-state index contributed by atoms with van der Waals surface area (Å²) in [6.07, 6.45) is 9.32. The number of nitrogens with zero attached hydrogens (tertiary/aromatic N) is 2. The largest absolute Gasteiger partial charge is 0.444 e. The van der Waals surface area contributed by atoms with Crippen molar-refractivity contribution in [2.75, 3.05) is 38.2 Å². The lowest BCUT2D eigenvalue weighted by Gasteiger charge is -2.27. The number of para-hydroxylation sites is 2. The Kier molecular flexibility index (Phi) is 7.20. The first-order chi connectivity index (χ1) is 21.1. The highest BCUT2D eigenvalue weighted by Gasteiger charge is 2.68. The van der Waals surface area contributed by atoms with Gasteiger partial charge in [0, 0.05) is 42.9 Å². The van der Waals surface area contributed by atoms with E-state index in [1.54, 1.807) is 0 Å². The first kappa shape index (κ1) is 27.4. The Labute approximate surface area is 252 Å². The number of nitrogens with one attached hydrogen (secondary N) is 1. The normalized spacial score (nSPS) is 24.3. The molecule has 1 spiro atoms. The molecule has 1 saturated heterocycles. The topological polar surface area (TPSA) is 63.0 Å². The fourth-order valence-corrected chi connectivity index (χ4v) is 6.68. The summed E-state index contributed by atoms with van der Waals surface area (Å²) in [5.41, 5.74) is 4.92. The van der Waals surface area contributed by atoms with Crippen LogP contribution in [0.5, 0.6) is 0 Å². The Morgan fingerprint density at radius 3 is 2.56 bits per heavy atom. The molecule has 3 aromatic carbocycles. The number of fused-ring (bicyclic) bond motifs is 1. The van der Waals surface area contributed by atoms with Gasteiger partial charge in [-0.15, -0.1) is 11.0 Å². The van der Waals surface area contributed by atoms with Crippen molar-refractivity contribution in [1.82, 2.24) is 4.90 Å². The number of ether oxygens (including phenoxy) is 3. The van der Waals surface area contributed by atoms with E-state index in [0.717, 1.165) is 49.7 Å². The number of hydrogen-bond acceptors (Lipinski definition) is 5. The highest BCUT2D eigenvalue weighted by molar-refractivity contribution is 6.13. The molecular formula is C36H34N3O4+. The summed E-state index contributed by atoms with van der Waals surface area (Å²) in [5.74, 6) is 3.05. The summed E-state index contributed by atoms with van der Waals surface area (Å²) in [6, 6.07) is 26.0. The molecule has 1 fully saturated rings. The van der Waals surface area contributed by atoms with Crippen molar-refractivity contribution in [3.8, 4) is 12.3 Å². The smallest absolute Gasteiger partial charge is 0.376 e. The minimum atomic E-state index is -0.894. The average Bonchev–Trinajstić information content (AvgIpc) is 3.70. The van der Waals surface area contributed by atoms with Crippen LogP contribution in [0.1, 0.15) is 29.7 Å². The van der Waals surface area contributed by atoms with E-state index < -0.39 is 11.7 Å². The van der Waals surface area contributed by atoms with E-state index in [0.29, 0.717) is 29.3 Å². The zero-order valence-corrected chi connectivity index (χ0v) is 24.2. The van der Waals surface area contributed by atoms with E-state index in [9.17, 15) is 4.79 Å². The van der Waals surface area contributed by atoms with Gasteiger partial charge < -0.3 is 19.5 Å². The van der Waals surface area contributed by atoms with E-state index in [-0.39, 0.29) is 11.9 Å². The molecule has 0 radical (unpaired) electrons. The number of anilines is 1. The number of morpholine rings is 1. The van der Waals surface area contributed by atoms with Gasteiger partial charge in [-0.25, -0.2) is 0 Å². The number of rotatable bonds is 7. The van der Waals surface area contributed by atoms with Gasteiger partial charge in [0.2, 0.25) is 11.7 Å². The Morgan fingerprint density at radius 2 is 1.81 bits per heavy atom. The van der Waals surface area contributed by atoms with Crippen molar-refractivity contribution in [3.63, 3.8) is 0 Å². The van der Waals surface area contributed by atoms with Crippen molar-refractivity contribution in [2.45, 2.75) is 31.2 Å². The molecule has 4 aliphatic rings. The lowest BCUT2D eigenvalue weighted by Crippen LogP contribution is -2.36. The van der Waals surface area contributed by atoms with Crippen LogP contribution in [0.4, 0.5) is 11.4 Å². The van der Waals surface area contributed by atoms with Gasteiger partial charge in [-0.1, -0.05) is 66.6 Å². The molecule has 1 N–H and O–H groups in total. The van der Waals surface area contributed by atoms with Crippen molar-refractivity contribution in [3.05, 3.63) is 119 Å². The quantitative estimate of drug-likeness (QED) is 0.246. The molecule has 0 saturated carbocycles. The highest BCUT2D eigenvalue weighted by Crippen LogP contribution is 2.57. The maximum absolute atomic E-state index is 14.0. The fraction of sp³-hybridized carbons (Fsp3) is 0.278. The van der Waals surface area contributed by atoms with Gasteiger partial charge in [0.25, 0.3) is 5.91 Å². The van der Waals surface area contributed by atoms with Gasteiger partial charge >= 0.3 is 5.90 Å². The lowest BCUT2D eigenvalue weighted by molar-refractivity contribution is -0.507. The summed E-state index contributed by atoms with van der Waals surface area (Å²) in [4.78, 5) is 16.4. The van der Waals surface area contributed by atoms with Crippen molar-refractivity contribution >= 4 is 23.2 Å². The third-order valence-electron chi connectivity index (χ3n) is 8.58. The molecule has 3 aromatic rings. The second kappa shape index (κ2) is 11.3. The standard InChI is InChI=1S/C36H33N3O4/c1-3-26-10-8-9-13-29(26)37-34(40)31-30-18-19-36(43-30)32(31)35(42-4-2)39(28-11-6-5-7-12-28)33(36)27-16-14-25(15-17-27)24-38-20-22-41-23-21-38/h1,5-19,30,33H,4,20-24H2,2H3/p+1. The molecule has 216 valence electrons. The van der Waals surface area contributed by atoms with E-state index in [4.69, 9.17) is 20.6 Å². The maximum atomic E-state index is 14.0. The Morgan fingerprint density at radius 1 is 1.07 bits per heavy atom. The van der Waals surface area contributed by atoms with E-state index >= 15 is 0 Å². The second-order valence-electron chi connectivity index (χ2n) is 11.1. The summed E-state index contributed by atoms with van der Waals surface area (Å²) >= 11 is 0. The molecule has 1 amide bonds. The van der Waals surface area contributed by atoms with Crippen molar-refractivity contribution in [1.29, 1.82) is 0 Å². The SMILES string of the molecule is C#Cc1ccccc1NC(=O)C1=C2C(OCC)=[N+](c3ccccc3)C(c3ccc(CN4CCOCC4)cc3)C23C=CC1O3. The van der Waals surface area contributed by atoms with E-state index in [1.807, 2.05) is 55.5 Å². The average molecular weight is 573 g/mol. The molecule has 0 aromatic heterocycles. The Balaban J connectivity index is 1.33. The summed E-state index contributed by atoms with van der Waals surface area (Å²) < 4.78 is 20.9. The van der Waals surface area contributed by atoms with Crippen LogP contribution in [0.3, 0.4) is 0 Å². The van der Waals surface area contributed by atoms with Crippen LogP contribution in [0.25, 0.3) is 0 Å². The van der Waals surface area contributed by atoms with E-state index in [2.05, 4.69) is 63.2 Å². The third-order valence-corrected chi connectivity index (χ3v) is 8.58. The predicted molar refractivity (Wildman–Crippen MR) is 165 cm³/mol. The number of carbonyl (C=O) groups excluding carboxylic acids is 1. The Bertz CT molecular complexity index is 1680. The fourth-order valence-electron chi connectivity index (χ4n) is 6.68. The van der Waals surface area contributed by atoms with Gasteiger partial charge in [0.1, 0.15) is 11.7 Å². The van der Waals surface area contributed by atoms with Crippen LogP contribution in [0.15, 0.2) is 102 Å². The summed E-state index contributed by atoms with van der Waals surface area (Å²) in [7, 11) is 0. The van der Waals surface area contributed by atoms with E-state index in [1.165, 1.54) is 5.56 Å². The molecule has 7 heteroatoms. The van der Waals surface area contributed by atoms with Crippen LogP contribution in [0.2, 0.25) is 0 Å². The van der Waals surface area contributed by atoms with Gasteiger partial charge in [-0.2, -0.15) is 0 Å². The van der Waals surface area contributed by atoms with Crippen LogP contribution in [0, 0.1) is 12.3 Å². The lowest BCUT2D eigenvalue weighted by atomic mass is 9.81. The first-order valence-electron chi connectivity index (χ1n) is 14.8. The molecule has 7 nitrogen and oxygen atoms in total. The van der Waals surface area contributed by atoms with Gasteiger partial charge in [0.05, 0.1) is 31.1 Å². The van der Waals surface area contributed by atoms with Gasteiger partial charge in [-0.05, 0) is 30.7 Å². The molecule has 3 unspecified atom stereocenters. The number of benzene rings is 3. The summed E-state index contributed by atoms with van der Waals surface area (Å²) in [5, 5.41) is 3.06. The van der Waals surface area contributed by atoms with Gasteiger partial charge in [-0.3, -0.25) is 9.69 Å². The van der Waals surface area contributed by atoms with Crippen LogP contribution in [-0.2, 0) is 25.5 Å². The Hall–Kier alpha value is -4.48. The second-order valence-corrected chi connectivity index (χ2v) is 11.1. The molecule has 2 bridgehead atoms. The molecular weight excluding hydrogens is 538 g/mol. The van der Waals surface area contributed by atoms with Crippen LogP contribution in [-0.4, -0.2) is 65.9 Å². The summed E-state index contributed by atoms with van der Waals surface area (Å²) in [6.45, 7) is 6.70.